The van der Waals surface area contributed by atoms with E-state index in [0.717, 1.165) is 4.21 Å². The Morgan fingerprint density at radius 3 is 2.51 bits per heavy atom. The molecule has 1 aliphatic heterocycles. The molecule has 1 atom stereocenters. The predicted molar refractivity (Wildman–Crippen MR) is 143 cm³/mol. The van der Waals surface area contributed by atoms with Gasteiger partial charge in [0.1, 0.15) is 11.6 Å². The van der Waals surface area contributed by atoms with Gasteiger partial charge in [-0.1, -0.05) is 22.3 Å². The maximum absolute atomic E-state index is 14.3. The summed E-state index contributed by atoms with van der Waals surface area (Å²) in [6, 6.07) is 12.7. The van der Waals surface area contributed by atoms with Gasteiger partial charge in [-0.15, -0.1) is 11.3 Å². The summed E-state index contributed by atoms with van der Waals surface area (Å²) in [6.45, 7) is 5.39. The van der Waals surface area contributed by atoms with E-state index < -0.39 is 22.2 Å². The molecule has 0 spiro atoms. The summed E-state index contributed by atoms with van der Waals surface area (Å²) >= 11 is 7.42. The van der Waals surface area contributed by atoms with Gasteiger partial charge in [-0.05, 0) is 68.6 Å². The van der Waals surface area contributed by atoms with Gasteiger partial charge in [0.15, 0.2) is 5.72 Å². The highest BCUT2D eigenvalue weighted by Crippen LogP contribution is 2.39. The largest absolute Gasteiger partial charge is 0.467 e. The Morgan fingerprint density at radius 1 is 1.20 bits per heavy atom. The highest BCUT2D eigenvalue weighted by atomic mass is 35.5. The van der Waals surface area contributed by atoms with E-state index in [2.05, 4.69) is 15.4 Å². The highest BCUT2D eigenvalue weighted by molar-refractivity contribution is 8.15. The number of ether oxygens (including phenoxy) is 1. The normalized spacial score (nSPS) is 15.3. The summed E-state index contributed by atoms with van der Waals surface area (Å²) in [5.74, 6) is -0.609. The fourth-order valence-electron chi connectivity index (χ4n) is 3.70. The third kappa shape index (κ3) is 5.14. The van der Waals surface area contributed by atoms with Crippen LogP contribution in [0.4, 0.5) is 26.2 Å². The van der Waals surface area contributed by atoms with Crippen LogP contribution in [0.25, 0.3) is 0 Å². The Morgan fingerprint density at radius 2 is 1.91 bits per heavy atom. The lowest BCUT2D eigenvalue weighted by Crippen LogP contribution is -2.55. The molecular formula is C24H24ClFN4O3S2. The van der Waals surface area contributed by atoms with Crippen molar-refractivity contribution in [3.8, 4) is 5.75 Å². The van der Waals surface area contributed by atoms with Crippen LogP contribution in [0, 0.1) is 5.82 Å². The van der Waals surface area contributed by atoms with Crippen molar-refractivity contribution in [1.29, 1.82) is 0 Å². The van der Waals surface area contributed by atoms with E-state index >= 15 is 0 Å². The maximum Gasteiger partial charge on any atom is 0.329 e. The summed E-state index contributed by atoms with van der Waals surface area (Å²) in [4.78, 5) is 27.3. The molecule has 3 N–H and O–H groups in total. The number of nitrogens with zero attached hydrogens (tertiary/aromatic N) is 1. The average molecular weight is 535 g/mol. The summed E-state index contributed by atoms with van der Waals surface area (Å²) in [6.07, 6.45) is 0. The van der Waals surface area contributed by atoms with E-state index in [4.69, 9.17) is 16.3 Å². The van der Waals surface area contributed by atoms with E-state index in [1.165, 1.54) is 28.4 Å². The first-order chi connectivity index (χ1) is 16.6. The van der Waals surface area contributed by atoms with Crippen LogP contribution < -0.4 is 25.0 Å². The van der Waals surface area contributed by atoms with E-state index in [1.807, 2.05) is 18.4 Å². The molecular weight excluding hydrogens is 511 g/mol. The van der Waals surface area contributed by atoms with Gasteiger partial charge >= 0.3 is 6.03 Å². The smallest absolute Gasteiger partial charge is 0.329 e. The Labute approximate surface area is 214 Å². The quantitative estimate of drug-likeness (QED) is 0.324. The summed E-state index contributed by atoms with van der Waals surface area (Å²) < 4.78 is 24.9. The van der Waals surface area contributed by atoms with Crippen molar-refractivity contribution in [2.75, 3.05) is 22.6 Å². The molecule has 3 aromatic rings. The number of carbonyl (C=O) groups excluding carboxylic acids is 2. The number of benzene rings is 2. The minimum atomic E-state index is -1.02. The second-order valence-corrected chi connectivity index (χ2v) is 11.8. The molecule has 184 valence electrons. The summed E-state index contributed by atoms with van der Waals surface area (Å²) in [7, 11) is 1.01. The van der Waals surface area contributed by atoms with Crippen LogP contribution in [0.1, 0.15) is 31.1 Å². The summed E-state index contributed by atoms with van der Waals surface area (Å²) in [5.41, 5.74) is 0.458. The van der Waals surface area contributed by atoms with Gasteiger partial charge in [0.25, 0.3) is 5.91 Å². The molecule has 0 radical (unpaired) electrons. The van der Waals surface area contributed by atoms with Gasteiger partial charge in [0, 0.05) is 24.5 Å². The van der Waals surface area contributed by atoms with Crippen LogP contribution in [-0.2, 0) is 0 Å². The second kappa shape index (κ2) is 9.88. The van der Waals surface area contributed by atoms with Crippen molar-refractivity contribution in [2.24, 2.45) is 0 Å². The molecule has 1 aromatic heterocycles. The summed E-state index contributed by atoms with van der Waals surface area (Å²) in [5, 5.41) is 7.45. The lowest BCUT2D eigenvalue weighted by atomic mass is 10.0. The zero-order valence-corrected chi connectivity index (χ0v) is 21.8. The topological polar surface area (TPSA) is 82.7 Å². The molecule has 35 heavy (non-hydrogen) atoms. The zero-order valence-electron chi connectivity index (χ0n) is 19.4. The minimum Gasteiger partial charge on any atom is -0.467 e. The average Bonchev–Trinajstić information content (AvgIpc) is 3.24. The lowest BCUT2D eigenvalue weighted by molar-refractivity contribution is 0.0634. The van der Waals surface area contributed by atoms with Crippen LogP contribution in [0.15, 0.2) is 52.7 Å². The number of nitrogens with one attached hydrogen (secondary N) is 3. The van der Waals surface area contributed by atoms with Crippen molar-refractivity contribution in [3.05, 3.63) is 64.2 Å². The van der Waals surface area contributed by atoms with E-state index in [-0.39, 0.29) is 23.2 Å². The predicted octanol–water partition coefficient (Wildman–Crippen LogP) is 6.54. The zero-order chi connectivity index (χ0) is 25.3. The molecule has 0 bridgehead atoms. The van der Waals surface area contributed by atoms with Gasteiger partial charge in [-0.2, -0.15) is 0 Å². The number of urea groups is 1. The minimum absolute atomic E-state index is 0.138. The number of fused-ring (bicyclic) bond motifs is 1. The molecule has 0 aliphatic carbocycles. The molecule has 0 saturated heterocycles. The van der Waals surface area contributed by atoms with Gasteiger partial charge in [-0.3, -0.25) is 14.4 Å². The molecule has 0 saturated carbocycles. The third-order valence-electron chi connectivity index (χ3n) is 5.26. The Balaban J connectivity index is 1.51. The first kappa shape index (κ1) is 25.0. The van der Waals surface area contributed by atoms with Crippen molar-refractivity contribution in [2.45, 2.75) is 30.7 Å². The molecule has 1 unspecified atom stereocenters. The molecule has 4 rings (SSSR count). The number of anilines is 3. The van der Waals surface area contributed by atoms with Gasteiger partial charge in [0.2, 0.25) is 0 Å². The van der Waals surface area contributed by atoms with E-state index in [9.17, 15) is 14.0 Å². The number of rotatable bonds is 5. The number of carbonyl (C=O) groups is 2. The van der Waals surface area contributed by atoms with Crippen molar-refractivity contribution < 1.29 is 18.7 Å². The Bertz CT molecular complexity index is 1320. The SMILES string of the molecule is CC=S(NC(=O)Nc1ccc(N2C(=O)c3cc(F)c(NC)cc3OC2(C)C)cc1)c1ccc(Cl)s1. The van der Waals surface area contributed by atoms with Crippen LogP contribution in [-0.4, -0.2) is 30.1 Å². The number of thiophene rings is 1. The molecule has 2 heterocycles. The third-order valence-corrected chi connectivity index (χ3v) is 8.52. The lowest BCUT2D eigenvalue weighted by Gasteiger charge is -2.42. The Hall–Kier alpha value is -3.08. The number of hydrogen-bond donors (Lipinski definition) is 3. The monoisotopic (exact) mass is 534 g/mol. The second-order valence-electron chi connectivity index (χ2n) is 8.00. The van der Waals surface area contributed by atoms with E-state index in [0.29, 0.717) is 21.5 Å². The van der Waals surface area contributed by atoms with Crippen molar-refractivity contribution in [3.63, 3.8) is 0 Å². The number of hydrogen-bond acceptors (Lipinski definition) is 5. The van der Waals surface area contributed by atoms with Crippen LogP contribution in [0.5, 0.6) is 5.75 Å². The van der Waals surface area contributed by atoms with Gasteiger partial charge in [0.05, 0.1) is 19.8 Å². The molecule has 7 nitrogen and oxygen atoms in total. The van der Waals surface area contributed by atoms with Crippen LogP contribution >= 0.6 is 33.6 Å². The van der Waals surface area contributed by atoms with Gasteiger partial charge < -0.3 is 15.4 Å². The molecule has 3 amide bonds. The first-order valence-corrected chi connectivity index (χ1v) is 13.1. The number of halogens is 2. The highest BCUT2D eigenvalue weighted by Gasteiger charge is 2.41. The van der Waals surface area contributed by atoms with Gasteiger partial charge in [-0.25, -0.2) is 9.18 Å². The fraction of sp³-hybridized carbons (Fsp3) is 0.208. The first-order valence-electron chi connectivity index (χ1n) is 10.6. The standard InChI is InChI=1S/C24H24ClFN4O3S2/c1-5-35(21-11-10-20(25)34-21)29-23(32)28-14-6-8-15(9-7-14)30-22(31)16-12-17(26)18(27-4)13-19(16)33-24(30,2)3/h5-13,27H,1-4H3,(H2,28,29,32). The molecule has 0 fully saturated rings. The van der Waals surface area contributed by atoms with Crippen molar-refractivity contribution >= 4 is 68.0 Å². The number of amides is 3. The van der Waals surface area contributed by atoms with Crippen LogP contribution in [0.2, 0.25) is 4.34 Å². The maximum atomic E-state index is 14.3. The Kier molecular flexibility index (Phi) is 7.07. The van der Waals surface area contributed by atoms with Crippen molar-refractivity contribution in [1.82, 2.24) is 4.72 Å². The molecule has 11 heteroatoms. The fourth-order valence-corrected chi connectivity index (χ4v) is 6.57. The van der Waals surface area contributed by atoms with Crippen LogP contribution in [0.3, 0.4) is 0 Å². The molecule has 2 aromatic carbocycles. The van der Waals surface area contributed by atoms with E-state index in [1.54, 1.807) is 51.2 Å². The molecule has 1 aliphatic rings.